The summed E-state index contributed by atoms with van der Waals surface area (Å²) in [6, 6.07) is 16.1. The molecule has 1 saturated heterocycles. The third kappa shape index (κ3) is 4.82. The monoisotopic (exact) mass is 419 g/mol. The zero-order valence-corrected chi connectivity index (χ0v) is 17.9. The predicted octanol–water partition coefficient (Wildman–Crippen LogP) is 4.69. The molecule has 1 aromatic heterocycles. The van der Waals surface area contributed by atoms with Crippen LogP contribution in [0.25, 0.3) is 10.9 Å². The van der Waals surface area contributed by atoms with E-state index in [-0.39, 0.29) is 17.6 Å². The second kappa shape index (κ2) is 8.83. The number of likely N-dealkylation sites (tertiary alicyclic amines) is 1. The largest absolute Gasteiger partial charge is 0.352 e. The van der Waals surface area contributed by atoms with Gasteiger partial charge in [0.15, 0.2) is 0 Å². The number of hydrogen-bond donors (Lipinski definition) is 1. The maximum atomic E-state index is 13.1. The predicted molar refractivity (Wildman–Crippen MR) is 121 cm³/mol. The van der Waals surface area contributed by atoms with Crippen LogP contribution in [0.5, 0.6) is 0 Å². The van der Waals surface area contributed by atoms with Crippen molar-refractivity contribution in [3.63, 3.8) is 0 Å². The molecule has 2 aromatic carbocycles. The van der Waals surface area contributed by atoms with Gasteiger partial charge in [-0.05, 0) is 72.9 Å². The smallest absolute Gasteiger partial charge is 0.223 e. The Morgan fingerprint density at radius 3 is 2.45 bits per heavy atom. The second-order valence-corrected chi connectivity index (χ2v) is 9.06. The molecule has 2 heterocycles. The first-order valence-electron chi connectivity index (χ1n) is 11.5. The minimum absolute atomic E-state index is 0.169. The Morgan fingerprint density at radius 1 is 0.968 bits per heavy atom. The molecule has 0 spiro atoms. The lowest BCUT2D eigenvalue weighted by Gasteiger charge is -2.33. The van der Waals surface area contributed by atoms with Gasteiger partial charge in [-0.3, -0.25) is 4.79 Å². The quantitative estimate of drug-likeness (QED) is 0.603. The fourth-order valence-electron chi connectivity index (χ4n) is 4.66. The highest BCUT2D eigenvalue weighted by molar-refractivity contribution is 5.82. The van der Waals surface area contributed by atoms with E-state index in [0.29, 0.717) is 12.6 Å². The first-order valence-corrected chi connectivity index (χ1v) is 11.5. The highest BCUT2D eigenvalue weighted by atomic mass is 19.1. The van der Waals surface area contributed by atoms with Crippen LogP contribution in [0.3, 0.4) is 0 Å². The lowest BCUT2D eigenvalue weighted by Crippen LogP contribution is -2.35. The molecule has 4 nitrogen and oxygen atoms in total. The standard InChI is InChI=1S/C26H30FN3O/c27-23-7-2-19(3-8-23)9-13-29-14-11-24(12-15-29)30-16-10-21-4-1-20(17-25(21)30)18-28-26(31)22-5-6-22/h1-4,7-8,10,16-17,22,24H,5-6,9,11-15,18H2,(H,28,31). The highest BCUT2D eigenvalue weighted by Crippen LogP contribution is 2.30. The number of nitrogens with one attached hydrogen (secondary N) is 1. The van der Waals surface area contributed by atoms with Crippen molar-refractivity contribution in [2.75, 3.05) is 19.6 Å². The molecular weight excluding hydrogens is 389 g/mol. The number of benzene rings is 2. The van der Waals surface area contributed by atoms with Crippen LogP contribution < -0.4 is 5.32 Å². The number of nitrogens with zero attached hydrogens (tertiary/aromatic N) is 2. The Balaban J connectivity index is 1.18. The van der Waals surface area contributed by atoms with E-state index < -0.39 is 0 Å². The Labute approximate surface area is 183 Å². The molecule has 0 bridgehead atoms. The summed E-state index contributed by atoms with van der Waals surface area (Å²) in [6.45, 7) is 3.80. The van der Waals surface area contributed by atoms with E-state index in [1.807, 2.05) is 12.1 Å². The van der Waals surface area contributed by atoms with E-state index >= 15 is 0 Å². The molecule has 1 aliphatic heterocycles. The molecule has 31 heavy (non-hydrogen) atoms. The van der Waals surface area contributed by atoms with Gasteiger partial charge in [-0.25, -0.2) is 4.39 Å². The Morgan fingerprint density at radius 2 is 1.71 bits per heavy atom. The van der Waals surface area contributed by atoms with Crippen LogP contribution in [0, 0.1) is 11.7 Å². The number of halogens is 1. The Bertz CT molecular complexity index is 1050. The van der Waals surface area contributed by atoms with Gasteiger partial charge in [0, 0.05) is 49.9 Å². The van der Waals surface area contributed by atoms with Crippen LogP contribution in [0.4, 0.5) is 4.39 Å². The summed E-state index contributed by atoms with van der Waals surface area (Å²) in [6.07, 6.45) is 7.53. The van der Waals surface area contributed by atoms with Gasteiger partial charge in [0.1, 0.15) is 5.82 Å². The van der Waals surface area contributed by atoms with Gasteiger partial charge in [0.25, 0.3) is 0 Å². The average Bonchev–Trinajstić information content (AvgIpc) is 3.57. The molecule has 3 aromatic rings. The summed E-state index contributed by atoms with van der Waals surface area (Å²) in [4.78, 5) is 14.5. The summed E-state index contributed by atoms with van der Waals surface area (Å²) < 4.78 is 15.5. The van der Waals surface area contributed by atoms with Crippen LogP contribution in [0.15, 0.2) is 54.7 Å². The number of aromatic nitrogens is 1. The van der Waals surface area contributed by atoms with Crippen molar-refractivity contribution in [2.24, 2.45) is 5.92 Å². The first kappa shape index (κ1) is 20.3. The van der Waals surface area contributed by atoms with Gasteiger partial charge in [0.2, 0.25) is 5.91 Å². The van der Waals surface area contributed by atoms with E-state index in [0.717, 1.165) is 57.3 Å². The molecule has 1 amide bonds. The highest BCUT2D eigenvalue weighted by Gasteiger charge is 2.29. The fourth-order valence-corrected chi connectivity index (χ4v) is 4.66. The van der Waals surface area contributed by atoms with Crippen molar-refractivity contribution in [2.45, 2.75) is 44.7 Å². The molecule has 0 unspecified atom stereocenters. The number of carbonyl (C=O) groups is 1. The van der Waals surface area contributed by atoms with Crippen molar-refractivity contribution >= 4 is 16.8 Å². The zero-order valence-electron chi connectivity index (χ0n) is 17.9. The van der Waals surface area contributed by atoms with E-state index in [4.69, 9.17) is 0 Å². The van der Waals surface area contributed by atoms with Crippen LogP contribution in [-0.2, 0) is 17.8 Å². The van der Waals surface area contributed by atoms with Crippen LogP contribution >= 0.6 is 0 Å². The van der Waals surface area contributed by atoms with Crippen molar-refractivity contribution in [3.8, 4) is 0 Å². The number of carbonyl (C=O) groups excluding carboxylic acids is 1. The van der Waals surface area contributed by atoms with Crippen LogP contribution in [-0.4, -0.2) is 35.0 Å². The van der Waals surface area contributed by atoms with Crippen molar-refractivity contribution in [3.05, 3.63) is 71.7 Å². The number of piperidine rings is 1. The summed E-state index contributed by atoms with van der Waals surface area (Å²) in [7, 11) is 0. The molecule has 162 valence electrons. The Hall–Kier alpha value is -2.66. The van der Waals surface area contributed by atoms with Crippen molar-refractivity contribution in [1.29, 1.82) is 0 Å². The summed E-state index contributed by atoms with van der Waals surface area (Å²) >= 11 is 0. The lowest BCUT2D eigenvalue weighted by molar-refractivity contribution is -0.122. The van der Waals surface area contributed by atoms with E-state index in [2.05, 4.69) is 45.2 Å². The van der Waals surface area contributed by atoms with Gasteiger partial charge in [-0.1, -0.05) is 24.3 Å². The van der Waals surface area contributed by atoms with Gasteiger partial charge in [-0.15, -0.1) is 0 Å². The van der Waals surface area contributed by atoms with E-state index in [9.17, 15) is 9.18 Å². The SMILES string of the molecule is O=C(NCc1ccc2ccn(C3CCN(CCc4ccc(F)cc4)CC3)c2c1)C1CC1. The van der Waals surface area contributed by atoms with Gasteiger partial charge < -0.3 is 14.8 Å². The molecule has 0 radical (unpaired) electrons. The zero-order chi connectivity index (χ0) is 21.2. The molecular formula is C26H30FN3O. The molecule has 0 atom stereocenters. The fraction of sp³-hybridized carbons (Fsp3) is 0.423. The van der Waals surface area contributed by atoms with E-state index in [1.165, 1.54) is 16.5 Å². The van der Waals surface area contributed by atoms with Gasteiger partial charge >= 0.3 is 0 Å². The number of amides is 1. The van der Waals surface area contributed by atoms with Gasteiger partial charge in [0.05, 0.1) is 0 Å². The first-order chi connectivity index (χ1) is 15.2. The minimum Gasteiger partial charge on any atom is -0.352 e. The third-order valence-corrected chi connectivity index (χ3v) is 6.78. The molecule has 5 rings (SSSR count). The van der Waals surface area contributed by atoms with Crippen LogP contribution in [0.1, 0.15) is 42.9 Å². The van der Waals surface area contributed by atoms with Crippen LogP contribution in [0.2, 0.25) is 0 Å². The summed E-state index contributed by atoms with van der Waals surface area (Å²) in [5.41, 5.74) is 3.63. The topological polar surface area (TPSA) is 37.3 Å². The lowest BCUT2D eigenvalue weighted by atomic mass is 10.0. The minimum atomic E-state index is -0.169. The van der Waals surface area contributed by atoms with E-state index in [1.54, 1.807) is 12.1 Å². The summed E-state index contributed by atoms with van der Waals surface area (Å²) in [5, 5.41) is 4.34. The van der Waals surface area contributed by atoms with Crippen molar-refractivity contribution < 1.29 is 9.18 Å². The maximum Gasteiger partial charge on any atom is 0.223 e. The number of hydrogen-bond acceptors (Lipinski definition) is 2. The number of fused-ring (bicyclic) bond motifs is 1. The molecule has 5 heteroatoms. The van der Waals surface area contributed by atoms with Gasteiger partial charge in [-0.2, -0.15) is 0 Å². The Kier molecular flexibility index (Phi) is 5.77. The molecule has 1 aliphatic carbocycles. The molecule has 2 aliphatic rings. The molecule has 1 N–H and O–H groups in total. The number of rotatable bonds is 7. The summed E-state index contributed by atoms with van der Waals surface area (Å²) in [5.74, 6) is 0.279. The average molecular weight is 420 g/mol. The molecule has 2 fully saturated rings. The maximum absolute atomic E-state index is 13.1. The normalized spacial score (nSPS) is 17.8. The van der Waals surface area contributed by atoms with Crippen molar-refractivity contribution in [1.82, 2.24) is 14.8 Å². The third-order valence-electron chi connectivity index (χ3n) is 6.78. The molecule has 1 saturated carbocycles. The second-order valence-electron chi connectivity index (χ2n) is 9.06.